The van der Waals surface area contributed by atoms with E-state index in [1.807, 2.05) is 25.1 Å². The minimum absolute atomic E-state index is 0.104. The number of hydrogen-bond acceptors (Lipinski definition) is 2. The van der Waals surface area contributed by atoms with E-state index >= 15 is 0 Å². The summed E-state index contributed by atoms with van der Waals surface area (Å²) in [6, 6.07) is 10.5. The molecule has 0 aromatic heterocycles. The zero-order valence-electron chi connectivity index (χ0n) is 11.1. The van der Waals surface area contributed by atoms with Gasteiger partial charge in [-0.05, 0) is 42.8 Å². The number of nitrogens with one attached hydrogen (secondary N) is 1. The van der Waals surface area contributed by atoms with E-state index in [0.717, 1.165) is 15.7 Å². The summed E-state index contributed by atoms with van der Waals surface area (Å²) < 4.78 is 6.34. The van der Waals surface area contributed by atoms with Crippen LogP contribution in [0, 0.1) is 6.92 Å². The molecule has 1 amide bonds. The number of benzene rings is 2. The van der Waals surface area contributed by atoms with Crippen LogP contribution >= 0.6 is 39.1 Å². The van der Waals surface area contributed by atoms with Crippen LogP contribution in [0.4, 0.5) is 5.69 Å². The maximum Gasteiger partial charge on any atom is 0.262 e. The Hall–Kier alpha value is -1.23. The first-order valence-electron chi connectivity index (χ1n) is 6.09. The third-order valence-corrected chi connectivity index (χ3v) is 3.96. The Kier molecular flexibility index (Phi) is 5.51. The zero-order valence-corrected chi connectivity index (χ0v) is 14.2. The van der Waals surface area contributed by atoms with Crippen LogP contribution in [0.1, 0.15) is 5.56 Å². The van der Waals surface area contributed by atoms with Crippen molar-refractivity contribution in [3.63, 3.8) is 0 Å². The van der Waals surface area contributed by atoms with Gasteiger partial charge in [-0.2, -0.15) is 0 Å². The van der Waals surface area contributed by atoms with Crippen molar-refractivity contribution in [1.82, 2.24) is 0 Å². The topological polar surface area (TPSA) is 38.3 Å². The fourth-order valence-corrected chi connectivity index (χ4v) is 2.43. The van der Waals surface area contributed by atoms with E-state index in [1.54, 1.807) is 18.2 Å². The van der Waals surface area contributed by atoms with Gasteiger partial charge in [0.1, 0.15) is 5.75 Å². The molecule has 0 fully saturated rings. The van der Waals surface area contributed by atoms with Crippen molar-refractivity contribution in [1.29, 1.82) is 0 Å². The second kappa shape index (κ2) is 7.16. The molecule has 21 heavy (non-hydrogen) atoms. The highest BCUT2D eigenvalue weighted by atomic mass is 79.9. The molecule has 0 atom stereocenters. The smallest absolute Gasteiger partial charge is 0.262 e. The Labute approximate surface area is 141 Å². The lowest BCUT2D eigenvalue weighted by molar-refractivity contribution is -0.118. The fraction of sp³-hybridized carbons (Fsp3) is 0.133. The molecule has 6 heteroatoms. The Morgan fingerprint density at radius 1 is 1.19 bits per heavy atom. The largest absolute Gasteiger partial charge is 0.484 e. The number of rotatable bonds is 4. The first-order valence-corrected chi connectivity index (χ1v) is 7.64. The van der Waals surface area contributed by atoms with Crippen LogP contribution < -0.4 is 10.1 Å². The SMILES string of the molecule is Cc1cc(Br)ccc1NC(=O)COc1ccc(Cl)c(Cl)c1. The van der Waals surface area contributed by atoms with Crippen molar-refractivity contribution in [3.8, 4) is 5.75 Å². The van der Waals surface area contributed by atoms with Gasteiger partial charge in [-0.1, -0.05) is 39.1 Å². The Morgan fingerprint density at radius 2 is 1.95 bits per heavy atom. The molecule has 0 aliphatic carbocycles. The molecule has 0 aliphatic heterocycles. The van der Waals surface area contributed by atoms with Gasteiger partial charge >= 0.3 is 0 Å². The maximum absolute atomic E-state index is 11.9. The molecular weight excluding hydrogens is 377 g/mol. The van der Waals surface area contributed by atoms with E-state index in [9.17, 15) is 4.79 Å². The van der Waals surface area contributed by atoms with Crippen LogP contribution in [0.5, 0.6) is 5.75 Å². The van der Waals surface area contributed by atoms with E-state index in [1.165, 1.54) is 0 Å². The lowest BCUT2D eigenvalue weighted by atomic mass is 10.2. The summed E-state index contributed by atoms with van der Waals surface area (Å²) in [7, 11) is 0. The highest BCUT2D eigenvalue weighted by Gasteiger charge is 2.07. The van der Waals surface area contributed by atoms with Crippen molar-refractivity contribution in [2.24, 2.45) is 0 Å². The normalized spacial score (nSPS) is 10.3. The van der Waals surface area contributed by atoms with E-state index in [0.29, 0.717) is 15.8 Å². The average molecular weight is 389 g/mol. The van der Waals surface area contributed by atoms with Crippen LogP contribution in [-0.2, 0) is 4.79 Å². The Morgan fingerprint density at radius 3 is 2.62 bits per heavy atom. The van der Waals surface area contributed by atoms with Crippen LogP contribution in [0.15, 0.2) is 40.9 Å². The monoisotopic (exact) mass is 387 g/mol. The Bertz CT molecular complexity index is 677. The van der Waals surface area contributed by atoms with Gasteiger partial charge in [0.15, 0.2) is 6.61 Å². The van der Waals surface area contributed by atoms with Gasteiger partial charge < -0.3 is 10.1 Å². The van der Waals surface area contributed by atoms with Gasteiger partial charge in [0.05, 0.1) is 10.0 Å². The van der Waals surface area contributed by atoms with E-state index in [-0.39, 0.29) is 12.5 Å². The number of aryl methyl sites for hydroxylation is 1. The molecule has 0 bridgehead atoms. The number of amides is 1. The molecule has 0 spiro atoms. The predicted octanol–water partition coefficient (Wildman–Crippen LogP) is 5.08. The second-order valence-electron chi connectivity index (χ2n) is 4.37. The maximum atomic E-state index is 11.9. The molecular formula is C15H12BrCl2NO2. The fourth-order valence-electron chi connectivity index (χ4n) is 1.67. The predicted molar refractivity (Wildman–Crippen MR) is 89.5 cm³/mol. The summed E-state index contributed by atoms with van der Waals surface area (Å²) >= 11 is 15.1. The lowest BCUT2D eigenvalue weighted by Crippen LogP contribution is -2.20. The van der Waals surface area contributed by atoms with Crippen molar-refractivity contribution < 1.29 is 9.53 Å². The number of carbonyl (C=O) groups is 1. The lowest BCUT2D eigenvalue weighted by Gasteiger charge is -2.10. The van der Waals surface area contributed by atoms with Gasteiger partial charge in [-0.25, -0.2) is 0 Å². The first-order chi connectivity index (χ1) is 9.95. The van der Waals surface area contributed by atoms with Gasteiger partial charge in [0, 0.05) is 16.2 Å². The average Bonchev–Trinajstić information content (AvgIpc) is 2.43. The number of ether oxygens (including phenoxy) is 1. The van der Waals surface area contributed by atoms with Crippen molar-refractivity contribution in [3.05, 3.63) is 56.5 Å². The molecule has 0 heterocycles. The highest BCUT2D eigenvalue weighted by Crippen LogP contribution is 2.26. The molecule has 2 aromatic carbocycles. The standard InChI is InChI=1S/C15H12BrCl2NO2/c1-9-6-10(16)2-5-14(9)19-15(20)8-21-11-3-4-12(17)13(18)7-11/h2-7H,8H2,1H3,(H,19,20). The van der Waals surface area contributed by atoms with Gasteiger partial charge in [-0.3, -0.25) is 4.79 Å². The van der Waals surface area contributed by atoms with Gasteiger partial charge in [0.2, 0.25) is 0 Å². The molecule has 3 nitrogen and oxygen atoms in total. The summed E-state index contributed by atoms with van der Waals surface area (Å²) in [6.45, 7) is 1.81. The summed E-state index contributed by atoms with van der Waals surface area (Å²) in [4.78, 5) is 11.9. The zero-order chi connectivity index (χ0) is 15.4. The Balaban J connectivity index is 1.94. The molecule has 0 aliphatic rings. The summed E-state index contributed by atoms with van der Waals surface area (Å²) in [6.07, 6.45) is 0. The van der Waals surface area contributed by atoms with Crippen molar-refractivity contribution in [2.45, 2.75) is 6.92 Å². The van der Waals surface area contributed by atoms with E-state index in [4.69, 9.17) is 27.9 Å². The van der Waals surface area contributed by atoms with Crippen LogP contribution in [0.25, 0.3) is 0 Å². The van der Waals surface area contributed by atoms with E-state index in [2.05, 4.69) is 21.2 Å². The molecule has 0 unspecified atom stereocenters. The first kappa shape index (κ1) is 16.1. The molecule has 0 saturated carbocycles. The van der Waals surface area contributed by atoms with Crippen LogP contribution in [-0.4, -0.2) is 12.5 Å². The van der Waals surface area contributed by atoms with Crippen molar-refractivity contribution >= 4 is 50.7 Å². The van der Waals surface area contributed by atoms with Gasteiger partial charge in [-0.15, -0.1) is 0 Å². The summed E-state index contributed by atoms with van der Waals surface area (Å²) in [5.41, 5.74) is 1.72. The van der Waals surface area contributed by atoms with Crippen molar-refractivity contribution in [2.75, 3.05) is 11.9 Å². The second-order valence-corrected chi connectivity index (χ2v) is 6.10. The number of halogens is 3. The minimum atomic E-state index is -0.244. The molecule has 2 aromatic rings. The summed E-state index contributed by atoms with van der Waals surface area (Å²) in [5, 5.41) is 3.62. The third kappa shape index (κ3) is 4.63. The molecule has 0 radical (unpaired) electrons. The van der Waals surface area contributed by atoms with Gasteiger partial charge in [0.25, 0.3) is 5.91 Å². The number of hydrogen-bond donors (Lipinski definition) is 1. The summed E-state index contributed by atoms with van der Waals surface area (Å²) in [5.74, 6) is 0.249. The number of anilines is 1. The van der Waals surface area contributed by atoms with Crippen LogP contribution in [0.3, 0.4) is 0 Å². The molecule has 110 valence electrons. The molecule has 2 rings (SSSR count). The minimum Gasteiger partial charge on any atom is -0.484 e. The van der Waals surface area contributed by atoms with E-state index < -0.39 is 0 Å². The third-order valence-electron chi connectivity index (χ3n) is 2.72. The van der Waals surface area contributed by atoms with Crippen LogP contribution in [0.2, 0.25) is 10.0 Å². The molecule has 1 N–H and O–H groups in total. The quantitative estimate of drug-likeness (QED) is 0.792. The molecule has 0 saturated heterocycles. The highest BCUT2D eigenvalue weighted by molar-refractivity contribution is 9.10. The number of carbonyl (C=O) groups excluding carboxylic acids is 1.